The fourth-order valence-electron chi connectivity index (χ4n) is 2.18. The minimum Gasteiger partial charge on any atom is -0.495 e. The Hall–Kier alpha value is -1.47. The molecule has 116 valence electrons. The molecule has 21 heavy (non-hydrogen) atoms. The molecule has 1 aliphatic heterocycles. The molecule has 0 saturated carbocycles. The largest absolute Gasteiger partial charge is 0.495 e. The number of hydrogen-bond donors (Lipinski definition) is 2. The highest BCUT2D eigenvalue weighted by molar-refractivity contribution is 7.91. The van der Waals surface area contributed by atoms with Gasteiger partial charge in [-0.2, -0.15) is 0 Å². The highest BCUT2D eigenvalue weighted by Crippen LogP contribution is 2.30. The number of benzene rings is 1. The third-order valence-corrected chi connectivity index (χ3v) is 5.47. The Morgan fingerprint density at radius 1 is 1.43 bits per heavy atom. The summed E-state index contributed by atoms with van der Waals surface area (Å²) in [4.78, 5) is 11.9. The number of methoxy groups -OCH3 is 1. The normalized spacial score (nSPS) is 20.0. The number of rotatable bonds is 3. The lowest BCUT2D eigenvalue weighted by Crippen LogP contribution is -2.38. The van der Waals surface area contributed by atoms with Crippen LogP contribution in [0, 0.1) is 6.92 Å². The fourth-order valence-corrected chi connectivity index (χ4v) is 4.01. The molecule has 0 aliphatic carbocycles. The van der Waals surface area contributed by atoms with E-state index in [2.05, 4.69) is 10.6 Å². The van der Waals surface area contributed by atoms with Crippen molar-refractivity contribution in [1.29, 1.82) is 0 Å². The van der Waals surface area contributed by atoms with Gasteiger partial charge in [-0.25, -0.2) is 13.2 Å². The summed E-state index contributed by atoms with van der Waals surface area (Å²) in [7, 11) is -1.54. The molecule has 1 aliphatic rings. The third-order valence-electron chi connectivity index (χ3n) is 3.30. The Morgan fingerprint density at radius 2 is 2.14 bits per heavy atom. The second-order valence-electron chi connectivity index (χ2n) is 5.00. The molecule has 2 amide bonds. The van der Waals surface area contributed by atoms with Crippen LogP contribution < -0.4 is 15.4 Å². The number of carbonyl (C=O) groups excluding carboxylic acids is 1. The van der Waals surface area contributed by atoms with Crippen LogP contribution in [0.2, 0.25) is 5.02 Å². The molecule has 8 heteroatoms. The van der Waals surface area contributed by atoms with E-state index in [1.54, 1.807) is 12.1 Å². The zero-order valence-electron chi connectivity index (χ0n) is 11.8. The molecule has 0 aromatic heterocycles. The Bertz CT molecular complexity index is 660. The monoisotopic (exact) mass is 332 g/mol. The molecule has 6 nitrogen and oxygen atoms in total. The van der Waals surface area contributed by atoms with Crippen molar-refractivity contribution in [3.63, 3.8) is 0 Å². The summed E-state index contributed by atoms with van der Waals surface area (Å²) in [6.45, 7) is 1.81. The van der Waals surface area contributed by atoms with Crippen LogP contribution in [0.15, 0.2) is 12.1 Å². The molecule has 1 aromatic rings. The minimum atomic E-state index is -3.02. The van der Waals surface area contributed by atoms with Gasteiger partial charge in [0, 0.05) is 17.1 Å². The predicted octanol–water partition coefficient (Wildman–Crippen LogP) is 1.97. The van der Waals surface area contributed by atoms with Gasteiger partial charge >= 0.3 is 6.03 Å². The van der Waals surface area contributed by atoms with Crippen molar-refractivity contribution in [3.8, 4) is 5.75 Å². The molecule has 1 aromatic carbocycles. The van der Waals surface area contributed by atoms with Gasteiger partial charge in [-0.05, 0) is 25.0 Å². The second-order valence-corrected chi connectivity index (χ2v) is 7.64. The van der Waals surface area contributed by atoms with Crippen LogP contribution in [0.25, 0.3) is 0 Å². The van der Waals surface area contributed by atoms with E-state index in [9.17, 15) is 13.2 Å². The van der Waals surface area contributed by atoms with E-state index in [0.717, 1.165) is 5.56 Å². The Morgan fingerprint density at radius 3 is 2.71 bits per heavy atom. The van der Waals surface area contributed by atoms with Crippen LogP contribution in [-0.2, 0) is 9.84 Å². The predicted molar refractivity (Wildman–Crippen MR) is 82.0 cm³/mol. The van der Waals surface area contributed by atoms with E-state index in [-0.39, 0.29) is 17.5 Å². The molecule has 0 unspecified atom stereocenters. The summed E-state index contributed by atoms with van der Waals surface area (Å²) in [5.74, 6) is 0.540. The van der Waals surface area contributed by atoms with Gasteiger partial charge in [-0.1, -0.05) is 11.6 Å². The van der Waals surface area contributed by atoms with Gasteiger partial charge in [0.15, 0.2) is 9.84 Å². The first-order valence-corrected chi connectivity index (χ1v) is 8.63. The van der Waals surface area contributed by atoms with E-state index in [0.29, 0.717) is 22.9 Å². The molecule has 0 radical (unpaired) electrons. The average molecular weight is 333 g/mol. The van der Waals surface area contributed by atoms with E-state index < -0.39 is 15.9 Å². The number of sulfone groups is 1. The smallest absolute Gasteiger partial charge is 0.319 e. The van der Waals surface area contributed by atoms with Gasteiger partial charge in [0.05, 0.1) is 24.3 Å². The van der Waals surface area contributed by atoms with E-state index in [4.69, 9.17) is 16.3 Å². The number of halogens is 1. The topological polar surface area (TPSA) is 84.5 Å². The van der Waals surface area contributed by atoms with Gasteiger partial charge in [-0.15, -0.1) is 0 Å². The molecule has 1 heterocycles. The maximum absolute atomic E-state index is 11.9. The van der Waals surface area contributed by atoms with E-state index in [1.807, 2.05) is 6.92 Å². The summed E-state index contributed by atoms with van der Waals surface area (Å²) >= 11 is 5.99. The highest BCUT2D eigenvalue weighted by atomic mass is 35.5. The number of ether oxygens (including phenoxy) is 1. The standard InChI is InChI=1S/C13H17ClN2O4S/c1-8-5-11(12(20-2)6-10(8)14)16-13(17)15-9-3-4-21(18,19)7-9/h5-6,9H,3-4,7H2,1-2H3,(H2,15,16,17)/t9-/m1/s1. The molecule has 0 bridgehead atoms. The first kappa shape index (κ1) is 15.9. The third kappa shape index (κ3) is 4.01. The van der Waals surface area contributed by atoms with Gasteiger partial charge in [0.2, 0.25) is 0 Å². The molecular formula is C13H17ClN2O4S. The van der Waals surface area contributed by atoms with E-state index in [1.165, 1.54) is 7.11 Å². The summed E-state index contributed by atoms with van der Waals surface area (Å²) in [6.07, 6.45) is 0.437. The molecule has 1 fully saturated rings. The van der Waals surface area contributed by atoms with Crippen molar-refractivity contribution in [3.05, 3.63) is 22.7 Å². The van der Waals surface area contributed by atoms with Crippen LogP contribution in [0.4, 0.5) is 10.5 Å². The Labute approximate surface area is 128 Å². The van der Waals surface area contributed by atoms with Gasteiger partial charge < -0.3 is 15.4 Å². The Balaban J connectivity index is 2.05. The number of hydrogen-bond acceptors (Lipinski definition) is 4. The Kier molecular flexibility index (Phi) is 4.63. The molecular weight excluding hydrogens is 316 g/mol. The molecule has 1 atom stereocenters. The SMILES string of the molecule is COc1cc(Cl)c(C)cc1NC(=O)N[C@@H]1CCS(=O)(=O)C1. The lowest BCUT2D eigenvalue weighted by atomic mass is 10.2. The summed E-state index contributed by atoms with van der Waals surface area (Å²) < 4.78 is 27.9. The maximum atomic E-state index is 11.9. The molecule has 1 saturated heterocycles. The quantitative estimate of drug-likeness (QED) is 0.886. The first-order valence-electron chi connectivity index (χ1n) is 6.43. The zero-order chi connectivity index (χ0) is 15.6. The van der Waals surface area contributed by atoms with Crippen molar-refractivity contribution in [1.82, 2.24) is 5.32 Å². The van der Waals surface area contributed by atoms with Crippen molar-refractivity contribution < 1.29 is 17.9 Å². The first-order chi connectivity index (χ1) is 9.80. The molecule has 0 spiro atoms. The van der Waals surface area contributed by atoms with Crippen LogP contribution in [0.5, 0.6) is 5.75 Å². The van der Waals surface area contributed by atoms with Crippen molar-refractivity contribution in [2.75, 3.05) is 23.9 Å². The van der Waals surface area contributed by atoms with Crippen LogP contribution in [0.3, 0.4) is 0 Å². The highest BCUT2D eigenvalue weighted by Gasteiger charge is 2.29. The van der Waals surface area contributed by atoms with Crippen molar-refractivity contribution >= 4 is 33.2 Å². The number of nitrogens with one attached hydrogen (secondary N) is 2. The van der Waals surface area contributed by atoms with Gasteiger partial charge in [0.1, 0.15) is 5.75 Å². The van der Waals surface area contributed by atoms with Crippen molar-refractivity contribution in [2.24, 2.45) is 0 Å². The van der Waals surface area contributed by atoms with Crippen LogP contribution >= 0.6 is 11.6 Å². The number of aryl methyl sites for hydroxylation is 1. The van der Waals surface area contributed by atoms with Crippen molar-refractivity contribution in [2.45, 2.75) is 19.4 Å². The zero-order valence-corrected chi connectivity index (χ0v) is 13.3. The maximum Gasteiger partial charge on any atom is 0.319 e. The molecule has 2 N–H and O–H groups in total. The number of amides is 2. The van der Waals surface area contributed by atoms with Gasteiger partial charge in [0.25, 0.3) is 0 Å². The van der Waals surface area contributed by atoms with Gasteiger partial charge in [-0.3, -0.25) is 0 Å². The number of carbonyl (C=O) groups is 1. The number of anilines is 1. The lowest BCUT2D eigenvalue weighted by Gasteiger charge is -2.15. The minimum absolute atomic E-state index is 0.0167. The van der Waals surface area contributed by atoms with Crippen LogP contribution in [-0.4, -0.2) is 39.1 Å². The lowest BCUT2D eigenvalue weighted by molar-refractivity contribution is 0.249. The second kappa shape index (κ2) is 6.11. The van der Waals surface area contributed by atoms with Crippen LogP contribution in [0.1, 0.15) is 12.0 Å². The summed E-state index contributed by atoms with van der Waals surface area (Å²) in [5, 5.41) is 5.85. The molecule has 2 rings (SSSR count). The number of urea groups is 1. The average Bonchev–Trinajstić information content (AvgIpc) is 2.72. The van der Waals surface area contributed by atoms with E-state index >= 15 is 0 Å². The fraction of sp³-hybridized carbons (Fsp3) is 0.462. The summed E-state index contributed by atoms with van der Waals surface area (Å²) in [6, 6.07) is 2.50. The summed E-state index contributed by atoms with van der Waals surface area (Å²) in [5.41, 5.74) is 1.29.